The van der Waals surface area contributed by atoms with Crippen LogP contribution in [0.5, 0.6) is 0 Å². The van der Waals surface area contributed by atoms with Gasteiger partial charge in [0.1, 0.15) is 0 Å². The lowest BCUT2D eigenvalue weighted by atomic mass is 10.0. The Bertz CT molecular complexity index is 332. The molecular weight excluding hydrogens is 232 g/mol. The number of hydrogen-bond donors (Lipinski definition) is 1. The lowest BCUT2D eigenvalue weighted by Crippen LogP contribution is -2.38. The highest BCUT2D eigenvalue weighted by Gasteiger charge is 2.35. The molecule has 0 aromatic rings. The van der Waals surface area contributed by atoms with Gasteiger partial charge >= 0.3 is 5.97 Å². The zero-order valence-electron chi connectivity index (χ0n) is 11.0. The number of nitrogens with zero attached hydrogens (tertiary/aromatic N) is 2. The molecule has 2 aliphatic rings. The average molecular weight is 254 g/mol. The number of amides is 1. The first-order valence-electron chi connectivity index (χ1n) is 6.78. The predicted molar refractivity (Wildman–Crippen MR) is 67.2 cm³/mol. The molecule has 2 fully saturated rings. The topological polar surface area (TPSA) is 60.9 Å². The molecule has 1 aliphatic carbocycles. The lowest BCUT2D eigenvalue weighted by Gasteiger charge is -2.24. The van der Waals surface area contributed by atoms with E-state index in [9.17, 15) is 9.59 Å². The Kier molecular flexibility index (Phi) is 4.22. The van der Waals surface area contributed by atoms with Crippen molar-refractivity contribution in [2.45, 2.75) is 25.7 Å². The van der Waals surface area contributed by atoms with Gasteiger partial charge in [-0.05, 0) is 39.3 Å². The van der Waals surface area contributed by atoms with E-state index in [1.165, 1.54) is 0 Å². The summed E-state index contributed by atoms with van der Waals surface area (Å²) in [6.45, 7) is 3.55. The van der Waals surface area contributed by atoms with Gasteiger partial charge in [0.15, 0.2) is 0 Å². The molecule has 1 saturated carbocycles. The van der Waals surface area contributed by atoms with Gasteiger partial charge in [-0.2, -0.15) is 0 Å². The molecule has 102 valence electrons. The third-order valence-corrected chi connectivity index (χ3v) is 4.16. The number of carboxylic acid groups (broad SMARTS) is 1. The fourth-order valence-corrected chi connectivity index (χ4v) is 2.96. The SMILES string of the molecule is CN1CCCN(C(=O)[C@@H]2CC[C@H](C(=O)O)C2)CC1. The van der Waals surface area contributed by atoms with Crippen LogP contribution in [-0.4, -0.2) is 60.0 Å². The van der Waals surface area contributed by atoms with Crippen LogP contribution in [0, 0.1) is 11.8 Å². The summed E-state index contributed by atoms with van der Waals surface area (Å²) >= 11 is 0. The summed E-state index contributed by atoms with van der Waals surface area (Å²) < 4.78 is 0. The van der Waals surface area contributed by atoms with Gasteiger partial charge in [-0.15, -0.1) is 0 Å². The van der Waals surface area contributed by atoms with E-state index in [1.54, 1.807) is 0 Å². The molecule has 1 N–H and O–H groups in total. The van der Waals surface area contributed by atoms with Crippen LogP contribution in [0.25, 0.3) is 0 Å². The van der Waals surface area contributed by atoms with Gasteiger partial charge < -0.3 is 14.9 Å². The van der Waals surface area contributed by atoms with E-state index in [-0.39, 0.29) is 17.7 Å². The Labute approximate surface area is 108 Å². The Morgan fingerprint density at radius 3 is 2.44 bits per heavy atom. The molecule has 18 heavy (non-hydrogen) atoms. The molecule has 5 nitrogen and oxygen atoms in total. The van der Waals surface area contributed by atoms with Crippen molar-refractivity contribution in [2.75, 3.05) is 33.2 Å². The Hall–Kier alpha value is -1.10. The minimum atomic E-state index is -0.749. The molecule has 0 radical (unpaired) electrons. The molecule has 1 heterocycles. The van der Waals surface area contributed by atoms with Crippen molar-refractivity contribution in [1.29, 1.82) is 0 Å². The van der Waals surface area contributed by atoms with Gasteiger partial charge in [0.2, 0.25) is 5.91 Å². The molecule has 2 atom stereocenters. The molecule has 0 unspecified atom stereocenters. The first kappa shape index (κ1) is 13.3. The normalized spacial score (nSPS) is 30.2. The predicted octanol–water partition coefficient (Wildman–Crippen LogP) is 0.651. The van der Waals surface area contributed by atoms with E-state index in [4.69, 9.17) is 5.11 Å². The van der Waals surface area contributed by atoms with E-state index >= 15 is 0 Å². The van der Waals surface area contributed by atoms with Crippen LogP contribution in [0.15, 0.2) is 0 Å². The zero-order valence-corrected chi connectivity index (χ0v) is 11.0. The maximum atomic E-state index is 12.3. The Morgan fingerprint density at radius 2 is 1.78 bits per heavy atom. The maximum Gasteiger partial charge on any atom is 0.306 e. The largest absolute Gasteiger partial charge is 0.481 e. The lowest BCUT2D eigenvalue weighted by molar-refractivity contribution is -0.141. The van der Waals surface area contributed by atoms with Crippen molar-refractivity contribution in [3.8, 4) is 0 Å². The number of likely N-dealkylation sites (N-methyl/N-ethyl adjacent to an activating group) is 1. The van der Waals surface area contributed by atoms with Gasteiger partial charge in [-0.1, -0.05) is 0 Å². The fraction of sp³-hybridized carbons (Fsp3) is 0.846. The summed E-state index contributed by atoms with van der Waals surface area (Å²) in [5.74, 6) is -0.946. The molecule has 2 rings (SSSR count). The van der Waals surface area contributed by atoms with Crippen LogP contribution in [0.3, 0.4) is 0 Å². The van der Waals surface area contributed by atoms with Crippen molar-refractivity contribution >= 4 is 11.9 Å². The van der Waals surface area contributed by atoms with Crippen LogP contribution in [-0.2, 0) is 9.59 Å². The van der Waals surface area contributed by atoms with Crippen LogP contribution < -0.4 is 0 Å². The molecule has 1 saturated heterocycles. The highest BCUT2D eigenvalue weighted by atomic mass is 16.4. The highest BCUT2D eigenvalue weighted by Crippen LogP contribution is 2.32. The zero-order chi connectivity index (χ0) is 13.1. The van der Waals surface area contributed by atoms with Gasteiger partial charge in [0.05, 0.1) is 5.92 Å². The first-order valence-corrected chi connectivity index (χ1v) is 6.78. The molecular formula is C13H22N2O3. The second-order valence-electron chi connectivity index (χ2n) is 5.53. The monoisotopic (exact) mass is 254 g/mol. The van der Waals surface area contributed by atoms with Crippen LogP contribution in [0.1, 0.15) is 25.7 Å². The number of aliphatic carboxylic acids is 1. The third-order valence-electron chi connectivity index (χ3n) is 4.16. The number of carbonyl (C=O) groups is 2. The van der Waals surface area contributed by atoms with E-state index in [0.717, 1.165) is 39.0 Å². The Morgan fingerprint density at radius 1 is 1.06 bits per heavy atom. The summed E-state index contributed by atoms with van der Waals surface area (Å²) in [4.78, 5) is 27.4. The van der Waals surface area contributed by atoms with Crippen molar-refractivity contribution in [2.24, 2.45) is 11.8 Å². The molecule has 5 heteroatoms. The van der Waals surface area contributed by atoms with Crippen LogP contribution in [0.2, 0.25) is 0 Å². The number of carboxylic acids is 1. The highest BCUT2D eigenvalue weighted by molar-refractivity contribution is 5.81. The fourth-order valence-electron chi connectivity index (χ4n) is 2.96. The minimum Gasteiger partial charge on any atom is -0.481 e. The summed E-state index contributed by atoms with van der Waals surface area (Å²) in [7, 11) is 2.07. The Balaban J connectivity index is 1.89. The molecule has 0 spiro atoms. The third kappa shape index (κ3) is 3.02. The van der Waals surface area contributed by atoms with Gasteiger partial charge in [-0.25, -0.2) is 0 Å². The molecule has 1 amide bonds. The van der Waals surface area contributed by atoms with Gasteiger partial charge in [-0.3, -0.25) is 9.59 Å². The maximum absolute atomic E-state index is 12.3. The standard InChI is InChI=1S/C13H22N2O3/c1-14-5-2-6-15(8-7-14)12(16)10-3-4-11(9-10)13(17)18/h10-11H,2-9H2,1H3,(H,17,18)/t10-,11+/m1/s1. The summed E-state index contributed by atoms with van der Waals surface area (Å²) in [5, 5.41) is 8.97. The smallest absolute Gasteiger partial charge is 0.306 e. The van der Waals surface area contributed by atoms with Crippen LogP contribution in [0.4, 0.5) is 0 Å². The van der Waals surface area contributed by atoms with Crippen molar-refractivity contribution in [3.63, 3.8) is 0 Å². The summed E-state index contributed by atoms with van der Waals surface area (Å²) in [6.07, 6.45) is 2.93. The van der Waals surface area contributed by atoms with E-state index in [1.807, 2.05) is 4.90 Å². The molecule has 0 bridgehead atoms. The number of rotatable bonds is 2. The molecule has 1 aliphatic heterocycles. The quantitative estimate of drug-likeness (QED) is 0.786. The minimum absolute atomic E-state index is 0.0606. The van der Waals surface area contributed by atoms with Crippen LogP contribution >= 0.6 is 0 Å². The summed E-state index contributed by atoms with van der Waals surface area (Å²) in [5.41, 5.74) is 0. The summed E-state index contributed by atoms with van der Waals surface area (Å²) in [6, 6.07) is 0. The van der Waals surface area contributed by atoms with Gasteiger partial charge in [0, 0.05) is 25.6 Å². The van der Waals surface area contributed by atoms with Gasteiger partial charge in [0.25, 0.3) is 0 Å². The second kappa shape index (κ2) is 5.69. The van der Waals surface area contributed by atoms with Crippen molar-refractivity contribution < 1.29 is 14.7 Å². The van der Waals surface area contributed by atoms with Crippen molar-refractivity contribution in [1.82, 2.24) is 9.80 Å². The molecule has 0 aromatic carbocycles. The number of hydrogen-bond acceptors (Lipinski definition) is 3. The number of carbonyl (C=O) groups excluding carboxylic acids is 1. The van der Waals surface area contributed by atoms with E-state index in [2.05, 4.69) is 11.9 Å². The van der Waals surface area contributed by atoms with E-state index in [0.29, 0.717) is 12.8 Å². The first-order chi connectivity index (χ1) is 8.58. The second-order valence-corrected chi connectivity index (χ2v) is 5.53. The molecule has 0 aromatic heterocycles. The van der Waals surface area contributed by atoms with E-state index < -0.39 is 5.97 Å². The van der Waals surface area contributed by atoms with Crippen molar-refractivity contribution in [3.05, 3.63) is 0 Å². The average Bonchev–Trinajstić information content (AvgIpc) is 2.73.